The van der Waals surface area contributed by atoms with E-state index in [2.05, 4.69) is 12.2 Å². The van der Waals surface area contributed by atoms with Gasteiger partial charge < -0.3 is 15.0 Å². The largest absolute Gasteiger partial charge is 0.462 e. The van der Waals surface area contributed by atoms with Gasteiger partial charge in [-0.05, 0) is 55.3 Å². The molecule has 2 amide bonds. The highest BCUT2D eigenvalue weighted by molar-refractivity contribution is 5.95. The number of carbonyl (C=O) groups is 3. The Bertz CT molecular complexity index is 813. The van der Waals surface area contributed by atoms with Crippen LogP contribution >= 0.6 is 0 Å². The molecule has 2 rings (SSSR count). The number of amides is 2. The lowest BCUT2D eigenvalue weighted by Gasteiger charge is -2.21. The molecular weight excluding hydrogens is 356 g/mol. The summed E-state index contributed by atoms with van der Waals surface area (Å²) < 4.78 is 4.93. The molecule has 1 N–H and O–H groups in total. The first kappa shape index (κ1) is 21.2. The highest BCUT2D eigenvalue weighted by atomic mass is 16.5. The first-order valence-electron chi connectivity index (χ1n) is 9.38. The molecular formula is C22H26N2O4. The SMILES string of the molecule is CCOC(=O)c1ccc(NC(=O)CCN(C(C)=O)c2ccc(CC)cc2)cc1. The van der Waals surface area contributed by atoms with Gasteiger partial charge in [-0.2, -0.15) is 0 Å². The predicted octanol–water partition coefficient (Wildman–Crippen LogP) is 3.81. The van der Waals surface area contributed by atoms with Gasteiger partial charge in [0.25, 0.3) is 0 Å². The third-order valence-electron chi connectivity index (χ3n) is 4.28. The Balaban J connectivity index is 1.93. The maximum Gasteiger partial charge on any atom is 0.338 e. The summed E-state index contributed by atoms with van der Waals surface area (Å²) in [5.41, 5.74) is 2.98. The summed E-state index contributed by atoms with van der Waals surface area (Å²) in [4.78, 5) is 37.5. The molecule has 6 nitrogen and oxygen atoms in total. The summed E-state index contributed by atoms with van der Waals surface area (Å²) in [7, 11) is 0. The first-order chi connectivity index (χ1) is 13.4. The summed E-state index contributed by atoms with van der Waals surface area (Å²) >= 11 is 0. The van der Waals surface area contributed by atoms with Crippen molar-refractivity contribution < 1.29 is 19.1 Å². The molecule has 0 radical (unpaired) electrons. The van der Waals surface area contributed by atoms with Crippen molar-refractivity contribution in [2.75, 3.05) is 23.4 Å². The van der Waals surface area contributed by atoms with Gasteiger partial charge in [0.15, 0.2) is 0 Å². The molecule has 0 saturated heterocycles. The number of carbonyl (C=O) groups excluding carboxylic acids is 3. The van der Waals surface area contributed by atoms with Gasteiger partial charge in [-0.15, -0.1) is 0 Å². The minimum atomic E-state index is -0.397. The maximum absolute atomic E-state index is 12.3. The molecule has 0 aliphatic carbocycles. The van der Waals surface area contributed by atoms with Crippen LogP contribution in [0.2, 0.25) is 0 Å². The fourth-order valence-electron chi connectivity index (χ4n) is 2.72. The molecule has 0 aromatic heterocycles. The lowest BCUT2D eigenvalue weighted by Crippen LogP contribution is -2.31. The molecule has 0 fully saturated rings. The van der Waals surface area contributed by atoms with Gasteiger partial charge in [0, 0.05) is 31.3 Å². The van der Waals surface area contributed by atoms with Gasteiger partial charge in [0.1, 0.15) is 0 Å². The van der Waals surface area contributed by atoms with E-state index in [4.69, 9.17) is 4.74 Å². The van der Waals surface area contributed by atoms with Gasteiger partial charge in [-0.25, -0.2) is 4.79 Å². The molecule has 2 aromatic carbocycles. The highest BCUT2D eigenvalue weighted by Gasteiger charge is 2.14. The van der Waals surface area contributed by atoms with E-state index in [0.717, 1.165) is 12.1 Å². The van der Waals surface area contributed by atoms with Crippen molar-refractivity contribution in [1.82, 2.24) is 0 Å². The second-order valence-corrected chi connectivity index (χ2v) is 6.29. The summed E-state index contributed by atoms with van der Waals surface area (Å²) in [5.74, 6) is -0.720. The Kier molecular flexibility index (Phi) is 7.75. The average molecular weight is 382 g/mol. The van der Waals surface area contributed by atoms with E-state index in [1.165, 1.54) is 12.5 Å². The molecule has 6 heteroatoms. The van der Waals surface area contributed by atoms with Crippen molar-refractivity contribution in [1.29, 1.82) is 0 Å². The van der Waals surface area contributed by atoms with Crippen LogP contribution in [0.5, 0.6) is 0 Å². The molecule has 28 heavy (non-hydrogen) atoms. The fourth-order valence-corrected chi connectivity index (χ4v) is 2.72. The van der Waals surface area contributed by atoms with Gasteiger partial charge in [0.05, 0.1) is 12.2 Å². The topological polar surface area (TPSA) is 75.7 Å². The Morgan fingerprint density at radius 2 is 1.61 bits per heavy atom. The molecule has 2 aromatic rings. The first-order valence-corrected chi connectivity index (χ1v) is 9.38. The van der Waals surface area contributed by atoms with Gasteiger partial charge >= 0.3 is 5.97 Å². The summed E-state index contributed by atoms with van der Waals surface area (Å²) in [6.07, 6.45) is 1.09. The van der Waals surface area contributed by atoms with Gasteiger partial charge in [-0.1, -0.05) is 19.1 Å². The van der Waals surface area contributed by atoms with E-state index in [9.17, 15) is 14.4 Å². The zero-order chi connectivity index (χ0) is 20.5. The van der Waals surface area contributed by atoms with Crippen LogP contribution in [-0.2, 0) is 20.7 Å². The smallest absolute Gasteiger partial charge is 0.338 e. The Morgan fingerprint density at radius 3 is 2.14 bits per heavy atom. The molecule has 0 atom stereocenters. The zero-order valence-electron chi connectivity index (χ0n) is 16.5. The van der Waals surface area contributed by atoms with Gasteiger partial charge in [-0.3, -0.25) is 9.59 Å². The molecule has 0 aliphatic heterocycles. The molecule has 0 heterocycles. The summed E-state index contributed by atoms with van der Waals surface area (Å²) in [6.45, 7) is 5.90. The number of ether oxygens (including phenoxy) is 1. The van der Waals surface area contributed by atoms with E-state index >= 15 is 0 Å². The van der Waals surface area contributed by atoms with E-state index in [1.54, 1.807) is 36.1 Å². The number of nitrogens with one attached hydrogen (secondary N) is 1. The second-order valence-electron chi connectivity index (χ2n) is 6.29. The van der Waals surface area contributed by atoms with E-state index in [0.29, 0.717) is 17.9 Å². The predicted molar refractivity (Wildman–Crippen MR) is 109 cm³/mol. The molecule has 0 aliphatic rings. The monoisotopic (exact) mass is 382 g/mol. The Labute approximate surface area is 165 Å². The third kappa shape index (κ3) is 5.94. The van der Waals surface area contributed by atoms with E-state index < -0.39 is 5.97 Å². The van der Waals surface area contributed by atoms with Crippen molar-refractivity contribution in [3.05, 3.63) is 59.7 Å². The number of hydrogen-bond donors (Lipinski definition) is 1. The quantitative estimate of drug-likeness (QED) is 0.705. The standard InChI is InChI=1S/C22H26N2O4/c1-4-17-6-12-20(13-7-17)24(16(3)25)15-14-21(26)23-19-10-8-18(9-11-19)22(27)28-5-2/h6-13H,4-5,14-15H2,1-3H3,(H,23,26). The van der Waals surface area contributed by atoms with Gasteiger partial charge in [0.2, 0.25) is 11.8 Å². The number of benzene rings is 2. The molecule has 0 saturated carbocycles. The third-order valence-corrected chi connectivity index (χ3v) is 4.28. The van der Waals surface area contributed by atoms with Crippen molar-refractivity contribution >= 4 is 29.2 Å². The zero-order valence-corrected chi connectivity index (χ0v) is 16.5. The van der Waals surface area contributed by atoms with Crippen molar-refractivity contribution in [3.8, 4) is 0 Å². The Hall–Kier alpha value is -3.15. The maximum atomic E-state index is 12.3. The van der Waals surface area contributed by atoms with Crippen LogP contribution in [0.25, 0.3) is 0 Å². The van der Waals surface area contributed by atoms with Crippen LogP contribution < -0.4 is 10.2 Å². The highest BCUT2D eigenvalue weighted by Crippen LogP contribution is 2.17. The van der Waals surface area contributed by atoms with Crippen molar-refractivity contribution in [3.63, 3.8) is 0 Å². The van der Waals surface area contributed by atoms with Crippen LogP contribution in [0.1, 0.15) is 43.1 Å². The van der Waals surface area contributed by atoms with Crippen molar-refractivity contribution in [2.24, 2.45) is 0 Å². The van der Waals surface area contributed by atoms with Crippen molar-refractivity contribution in [2.45, 2.75) is 33.6 Å². The minimum Gasteiger partial charge on any atom is -0.462 e. The second kappa shape index (κ2) is 10.3. The number of hydrogen-bond acceptors (Lipinski definition) is 4. The lowest BCUT2D eigenvalue weighted by atomic mass is 10.1. The molecule has 148 valence electrons. The summed E-state index contributed by atoms with van der Waals surface area (Å²) in [5, 5.41) is 2.78. The van der Waals surface area contributed by atoms with E-state index in [1.807, 2.05) is 24.3 Å². The van der Waals surface area contributed by atoms with E-state index in [-0.39, 0.29) is 24.8 Å². The van der Waals surface area contributed by atoms with Crippen LogP contribution in [0.15, 0.2) is 48.5 Å². The van der Waals surface area contributed by atoms with Crippen LogP contribution in [-0.4, -0.2) is 30.9 Å². The molecule has 0 spiro atoms. The number of aryl methyl sites for hydroxylation is 1. The molecule has 0 bridgehead atoms. The lowest BCUT2D eigenvalue weighted by molar-refractivity contribution is -0.117. The Morgan fingerprint density at radius 1 is 0.964 bits per heavy atom. The van der Waals surface area contributed by atoms with Crippen LogP contribution in [0.4, 0.5) is 11.4 Å². The van der Waals surface area contributed by atoms with Crippen LogP contribution in [0.3, 0.4) is 0 Å². The molecule has 0 unspecified atom stereocenters. The number of rotatable bonds is 8. The number of esters is 1. The van der Waals surface area contributed by atoms with Crippen LogP contribution in [0, 0.1) is 0 Å². The normalized spacial score (nSPS) is 10.2. The number of anilines is 2. The summed E-state index contributed by atoms with van der Waals surface area (Å²) in [6, 6.07) is 14.3. The average Bonchev–Trinajstić information content (AvgIpc) is 2.69. The minimum absolute atomic E-state index is 0.115. The fraction of sp³-hybridized carbons (Fsp3) is 0.318. The number of nitrogens with zero attached hydrogens (tertiary/aromatic N) is 1.